The fourth-order valence-electron chi connectivity index (χ4n) is 1.43. The van der Waals surface area contributed by atoms with Crippen molar-refractivity contribution in [2.24, 2.45) is 0 Å². The molecule has 0 saturated heterocycles. The molecule has 5 heteroatoms. The van der Waals surface area contributed by atoms with Crippen LogP contribution in [0, 0.1) is 0 Å². The highest BCUT2D eigenvalue weighted by Crippen LogP contribution is 2.19. The monoisotopic (exact) mass is 267 g/mol. The zero-order valence-electron chi connectivity index (χ0n) is 10.7. The molecule has 0 bridgehead atoms. The molecular formula is C13H17NO3S. The van der Waals surface area contributed by atoms with E-state index < -0.39 is 12.0 Å². The number of nitrogens with one attached hydrogen (secondary N) is 1. The predicted octanol–water partition coefficient (Wildman–Crippen LogP) is 2.09. The Balaban J connectivity index is 2.73. The number of amides is 1. The zero-order chi connectivity index (χ0) is 13.5. The van der Waals surface area contributed by atoms with Gasteiger partial charge in [-0.05, 0) is 32.2 Å². The van der Waals surface area contributed by atoms with Crippen LogP contribution in [0.3, 0.4) is 0 Å². The highest BCUT2D eigenvalue weighted by molar-refractivity contribution is 7.98. The van der Waals surface area contributed by atoms with Crippen molar-refractivity contribution in [1.82, 2.24) is 5.32 Å². The van der Waals surface area contributed by atoms with E-state index in [2.05, 4.69) is 5.32 Å². The maximum absolute atomic E-state index is 12.0. The summed E-state index contributed by atoms with van der Waals surface area (Å²) < 4.78 is 4.84. The van der Waals surface area contributed by atoms with Crippen LogP contribution in [0.5, 0.6) is 0 Å². The van der Waals surface area contributed by atoms with Crippen molar-refractivity contribution < 1.29 is 14.3 Å². The molecule has 0 saturated carbocycles. The van der Waals surface area contributed by atoms with E-state index in [4.69, 9.17) is 4.74 Å². The molecule has 0 spiro atoms. The van der Waals surface area contributed by atoms with Crippen LogP contribution in [0.1, 0.15) is 24.2 Å². The van der Waals surface area contributed by atoms with Crippen LogP contribution in [-0.4, -0.2) is 30.8 Å². The molecular weight excluding hydrogens is 250 g/mol. The molecule has 1 amide bonds. The van der Waals surface area contributed by atoms with Gasteiger partial charge in [0, 0.05) is 4.90 Å². The van der Waals surface area contributed by atoms with Crippen LogP contribution in [-0.2, 0) is 9.53 Å². The maximum atomic E-state index is 12.0. The average Bonchev–Trinajstić information content (AvgIpc) is 2.38. The van der Waals surface area contributed by atoms with Gasteiger partial charge in [-0.1, -0.05) is 12.1 Å². The first-order chi connectivity index (χ1) is 8.60. The van der Waals surface area contributed by atoms with Gasteiger partial charge in [-0.2, -0.15) is 0 Å². The molecule has 4 nitrogen and oxygen atoms in total. The lowest BCUT2D eigenvalue weighted by molar-refractivity contribution is -0.144. The molecule has 0 heterocycles. The second-order valence-electron chi connectivity index (χ2n) is 3.65. The third-order valence-electron chi connectivity index (χ3n) is 2.34. The van der Waals surface area contributed by atoms with Crippen LogP contribution >= 0.6 is 11.8 Å². The van der Waals surface area contributed by atoms with Gasteiger partial charge >= 0.3 is 5.97 Å². The Morgan fingerprint density at radius 2 is 2.06 bits per heavy atom. The van der Waals surface area contributed by atoms with Crippen LogP contribution < -0.4 is 5.32 Å². The van der Waals surface area contributed by atoms with Crippen molar-refractivity contribution in [2.75, 3.05) is 12.9 Å². The van der Waals surface area contributed by atoms with E-state index in [0.29, 0.717) is 12.2 Å². The number of hydrogen-bond donors (Lipinski definition) is 1. The summed E-state index contributed by atoms with van der Waals surface area (Å²) >= 11 is 1.49. The van der Waals surface area contributed by atoms with Crippen molar-refractivity contribution in [1.29, 1.82) is 0 Å². The molecule has 0 radical (unpaired) electrons. The number of ether oxygens (including phenoxy) is 1. The summed E-state index contributed by atoms with van der Waals surface area (Å²) in [5.74, 6) is -0.687. The van der Waals surface area contributed by atoms with Gasteiger partial charge in [0.1, 0.15) is 6.04 Å². The second-order valence-corrected chi connectivity index (χ2v) is 4.50. The number of rotatable bonds is 5. The molecule has 0 aliphatic carbocycles. The van der Waals surface area contributed by atoms with Crippen LogP contribution in [0.25, 0.3) is 0 Å². The Labute approximate surface area is 111 Å². The normalized spacial score (nSPS) is 11.7. The van der Waals surface area contributed by atoms with Crippen LogP contribution in [0.2, 0.25) is 0 Å². The summed E-state index contributed by atoms with van der Waals surface area (Å²) in [7, 11) is 0. The molecule has 0 aromatic heterocycles. The highest BCUT2D eigenvalue weighted by atomic mass is 32.2. The number of esters is 1. The fraction of sp³-hybridized carbons (Fsp3) is 0.385. The summed E-state index contributed by atoms with van der Waals surface area (Å²) in [6.07, 6.45) is 1.90. The molecule has 1 rings (SSSR count). The lowest BCUT2D eigenvalue weighted by Gasteiger charge is -2.13. The minimum atomic E-state index is -0.646. The van der Waals surface area contributed by atoms with Gasteiger partial charge in [-0.25, -0.2) is 4.79 Å². The van der Waals surface area contributed by atoms with Gasteiger partial charge in [-0.3, -0.25) is 4.79 Å². The van der Waals surface area contributed by atoms with Crippen LogP contribution in [0.15, 0.2) is 29.2 Å². The molecule has 1 aromatic carbocycles. The molecule has 1 N–H and O–H groups in total. The van der Waals surface area contributed by atoms with E-state index in [1.165, 1.54) is 11.8 Å². The van der Waals surface area contributed by atoms with Gasteiger partial charge in [0.2, 0.25) is 0 Å². The highest BCUT2D eigenvalue weighted by Gasteiger charge is 2.18. The van der Waals surface area contributed by atoms with Crippen molar-refractivity contribution >= 4 is 23.6 Å². The van der Waals surface area contributed by atoms with Gasteiger partial charge in [0.05, 0.1) is 12.2 Å². The van der Waals surface area contributed by atoms with E-state index in [0.717, 1.165) is 4.90 Å². The van der Waals surface area contributed by atoms with Crippen LogP contribution in [0.4, 0.5) is 0 Å². The molecule has 1 aromatic rings. The van der Waals surface area contributed by atoms with Gasteiger partial charge < -0.3 is 10.1 Å². The van der Waals surface area contributed by atoms with Gasteiger partial charge in [0.15, 0.2) is 0 Å². The van der Waals surface area contributed by atoms with Gasteiger partial charge in [-0.15, -0.1) is 11.8 Å². The number of carbonyl (C=O) groups is 2. The summed E-state index contributed by atoms with van der Waals surface area (Å²) in [5.41, 5.74) is 0.571. The molecule has 18 heavy (non-hydrogen) atoms. The summed E-state index contributed by atoms with van der Waals surface area (Å²) in [5, 5.41) is 2.63. The maximum Gasteiger partial charge on any atom is 0.328 e. The van der Waals surface area contributed by atoms with Crippen molar-refractivity contribution in [3.63, 3.8) is 0 Å². The van der Waals surface area contributed by atoms with Crippen molar-refractivity contribution in [3.8, 4) is 0 Å². The topological polar surface area (TPSA) is 55.4 Å². The van der Waals surface area contributed by atoms with E-state index in [-0.39, 0.29) is 5.91 Å². The third-order valence-corrected chi connectivity index (χ3v) is 3.14. The molecule has 0 aliphatic heterocycles. The minimum absolute atomic E-state index is 0.263. The van der Waals surface area contributed by atoms with Crippen molar-refractivity contribution in [3.05, 3.63) is 29.8 Å². The Bertz CT molecular complexity index is 434. The fourth-order valence-corrected chi connectivity index (χ4v) is 2.03. The summed E-state index contributed by atoms with van der Waals surface area (Å²) in [6, 6.07) is 6.63. The Morgan fingerprint density at radius 1 is 1.39 bits per heavy atom. The average molecular weight is 267 g/mol. The standard InChI is InChI=1S/C13H17NO3S/c1-4-17-13(16)9(2)14-12(15)10-7-5-6-8-11(10)18-3/h5-9H,4H2,1-3H3,(H,14,15). The van der Waals surface area contributed by atoms with Gasteiger partial charge in [0.25, 0.3) is 5.91 Å². The largest absolute Gasteiger partial charge is 0.464 e. The minimum Gasteiger partial charge on any atom is -0.464 e. The smallest absolute Gasteiger partial charge is 0.328 e. The van der Waals surface area contributed by atoms with Crippen molar-refractivity contribution in [2.45, 2.75) is 24.8 Å². The lowest BCUT2D eigenvalue weighted by Crippen LogP contribution is -2.39. The lowest BCUT2D eigenvalue weighted by atomic mass is 10.2. The number of benzene rings is 1. The summed E-state index contributed by atoms with van der Waals surface area (Å²) in [6.45, 7) is 3.65. The molecule has 1 unspecified atom stereocenters. The number of carbonyl (C=O) groups excluding carboxylic acids is 2. The molecule has 98 valence electrons. The second kappa shape index (κ2) is 7.06. The third kappa shape index (κ3) is 3.77. The first-order valence-corrected chi connectivity index (χ1v) is 6.93. The molecule has 0 aliphatic rings. The number of thioether (sulfide) groups is 1. The SMILES string of the molecule is CCOC(=O)C(C)NC(=O)c1ccccc1SC. The Hall–Kier alpha value is -1.49. The van der Waals surface area contributed by atoms with E-state index in [9.17, 15) is 9.59 Å². The Morgan fingerprint density at radius 3 is 2.67 bits per heavy atom. The number of hydrogen-bond acceptors (Lipinski definition) is 4. The first kappa shape index (κ1) is 14.6. The predicted molar refractivity (Wildman–Crippen MR) is 71.8 cm³/mol. The quantitative estimate of drug-likeness (QED) is 0.655. The molecule has 0 fully saturated rings. The first-order valence-electron chi connectivity index (χ1n) is 5.70. The van der Waals surface area contributed by atoms with E-state index in [1.807, 2.05) is 18.4 Å². The zero-order valence-corrected chi connectivity index (χ0v) is 11.5. The summed E-state index contributed by atoms with van der Waals surface area (Å²) in [4.78, 5) is 24.3. The van der Waals surface area contributed by atoms with E-state index >= 15 is 0 Å². The Kier molecular flexibility index (Phi) is 5.71. The molecule has 1 atom stereocenters. The van der Waals surface area contributed by atoms with E-state index in [1.54, 1.807) is 26.0 Å².